The number of aromatic nitrogens is 2. The number of nitrogens with zero attached hydrogens (tertiary/aromatic N) is 2. The van der Waals surface area contributed by atoms with Crippen molar-refractivity contribution in [3.8, 4) is 0 Å². The van der Waals surface area contributed by atoms with Gasteiger partial charge in [-0.3, -0.25) is 9.48 Å². The third-order valence-electron chi connectivity index (χ3n) is 4.05. The van der Waals surface area contributed by atoms with Crippen molar-refractivity contribution in [2.75, 3.05) is 0 Å². The molecular formula is C13H17F3N2O2. The number of alkyl halides is 3. The molecule has 1 aliphatic rings. The van der Waals surface area contributed by atoms with E-state index in [4.69, 9.17) is 5.11 Å². The van der Waals surface area contributed by atoms with Crippen LogP contribution in [0.3, 0.4) is 0 Å². The van der Waals surface area contributed by atoms with Crippen molar-refractivity contribution in [2.45, 2.75) is 44.8 Å². The standard InChI is InChI=1S/C13H17F3N2O2/c1-2-8-7-9(12(19)20)3-4-10(8)18-6-5-11(17-18)13(14,15)16/h5-6,8-10H,2-4,7H2,1H3,(H,19,20). The minimum atomic E-state index is -4.44. The first kappa shape index (κ1) is 14.9. The molecule has 0 saturated heterocycles. The minimum Gasteiger partial charge on any atom is -0.481 e. The molecule has 7 heteroatoms. The first-order valence-corrected chi connectivity index (χ1v) is 6.68. The second-order valence-electron chi connectivity index (χ2n) is 5.26. The number of hydrogen-bond acceptors (Lipinski definition) is 2. The Morgan fingerprint density at radius 2 is 2.20 bits per heavy atom. The number of carboxylic acids is 1. The van der Waals surface area contributed by atoms with Gasteiger partial charge in [-0.1, -0.05) is 13.3 Å². The van der Waals surface area contributed by atoms with Gasteiger partial charge in [0.1, 0.15) is 0 Å². The van der Waals surface area contributed by atoms with Gasteiger partial charge in [-0.25, -0.2) is 0 Å². The summed E-state index contributed by atoms with van der Waals surface area (Å²) in [7, 11) is 0. The molecule has 0 bridgehead atoms. The van der Waals surface area contributed by atoms with E-state index in [9.17, 15) is 18.0 Å². The first-order valence-electron chi connectivity index (χ1n) is 6.68. The molecule has 2 rings (SSSR count). The number of halogens is 3. The van der Waals surface area contributed by atoms with E-state index in [-0.39, 0.29) is 12.0 Å². The topological polar surface area (TPSA) is 55.1 Å². The molecule has 3 atom stereocenters. The Kier molecular flexibility index (Phi) is 4.06. The Labute approximate surface area is 114 Å². The summed E-state index contributed by atoms with van der Waals surface area (Å²) in [6.45, 7) is 1.93. The van der Waals surface area contributed by atoms with Crippen molar-refractivity contribution in [1.82, 2.24) is 9.78 Å². The molecule has 112 valence electrons. The maximum Gasteiger partial charge on any atom is 0.435 e. The summed E-state index contributed by atoms with van der Waals surface area (Å²) in [4.78, 5) is 11.0. The van der Waals surface area contributed by atoms with Crippen LogP contribution < -0.4 is 0 Å². The molecule has 20 heavy (non-hydrogen) atoms. The zero-order chi connectivity index (χ0) is 14.9. The highest BCUT2D eigenvalue weighted by atomic mass is 19.4. The van der Waals surface area contributed by atoms with Crippen molar-refractivity contribution in [2.24, 2.45) is 11.8 Å². The van der Waals surface area contributed by atoms with Crippen LogP contribution in [-0.4, -0.2) is 20.9 Å². The SMILES string of the molecule is CCC1CC(C(=O)O)CCC1n1ccc(C(F)(F)F)n1. The second-order valence-corrected chi connectivity index (χ2v) is 5.26. The molecule has 0 aromatic carbocycles. The summed E-state index contributed by atoms with van der Waals surface area (Å²) >= 11 is 0. The van der Waals surface area contributed by atoms with Crippen LogP contribution in [0.15, 0.2) is 12.3 Å². The molecule has 1 fully saturated rings. The lowest BCUT2D eigenvalue weighted by Gasteiger charge is -2.34. The van der Waals surface area contributed by atoms with Crippen LogP contribution in [0, 0.1) is 11.8 Å². The van der Waals surface area contributed by atoms with Crippen LogP contribution >= 0.6 is 0 Å². The number of carbonyl (C=O) groups is 1. The second kappa shape index (κ2) is 5.46. The van der Waals surface area contributed by atoms with Crippen molar-refractivity contribution in [3.05, 3.63) is 18.0 Å². The maximum atomic E-state index is 12.6. The molecule has 0 amide bonds. The fraction of sp³-hybridized carbons (Fsp3) is 0.692. The quantitative estimate of drug-likeness (QED) is 0.928. The van der Waals surface area contributed by atoms with E-state index in [0.717, 1.165) is 12.5 Å². The molecule has 1 N–H and O–H groups in total. The molecular weight excluding hydrogens is 273 g/mol. The van der Waals surface area contributed by atoms with Crippen LogP contribution in [0.1, 0.15) is 44.3 Å². The lowest BCUT2D eigenvalue weighted by Crippen LogP contribution is -2.31. The third kappa shape index (κ3) is 2.96. The molecule has 1 aromatic rings. The normalized spacial score (nSPS) is 27.5. The van der Waals surface area contributed by atoms with E-state index in [0.29, 0.717) is 19.3 Å². The largest absolute Gasteiger partial charge is 0.481 e. The van der Waals surface area contributed by atoms with E-state index in [2.05, 4.69) is 5.10 Å². The van der Waals surface area contributed by atoms with E-state index in [1.165, 1.54) is 10.9 Å². The summed E-state index contributed by atoms with van der Waals surface area (Å²) in [6, 6.07) is 0.822. The monoisotopic (exact) mass is 290 g/mol. The van der Waals surface area contributed by atoms with Gasteiger partial charge >= 0.3 is 12.1 Å². The Balaban J connectivity index is 2.16. The van der Waals surface area contributed by atoms with Gasteiger partial charge in [0, 0.05) is 6.20 Å². The van der Waals surface area contributed by atoms with Crippen LogP contribution in [0.4, 0.5) is 13.2 Å². The molecule has 0 spiro atoms. The van der Waals surface area contributed by atoms with Crippen LogP contribution in [0.25, 0.3) is 0 Å². The van der Waals surface area contributed by atoms with Crippen molar-refractivity contribution >= 4 is 5.97 Å². The number of aliphatic carboxylic acids is 1. The van der Waals surface area contributed by atoms with Gasteiger partial charge in [0.25, 0.3) is 0 Å². The predicted octanol–water partition coefficient (Wildman–Crippen LogP) is 3.35. The molecule has 1 aliphatic carbocycles. The van der Waals surface area contributed by atoms with Gasteiger partial charge in [0.05, 0.1) is 12.0 Å². The van der Waals surface area contributed by atoms with E-state index >= 15 is 0 Å². The van der Waals surface area contributed by atoms with E-state index in [1.807, 2.05) is 6.92 Å². The number of rotatable bonds is 3. The molecule has 1 saturated carbocycles. The Morgan fingerprint density at radius 1 is 1.50 bits per heavy atom. The average molecular weight is 290 g/mol. The molecule has 4 nitrogen and oxygen atoms in total. The lowest BCUT2D eigenvalue weighted by atomic mass is 9.77. The van der Waals surface area contributed by atoms with Gasteiger partial charge in [-0.2, -0.15) is 18.3 Å². The van der Waals surface area contributed by atoms with Crippen LogP contribution in [-0.2, 0) is 11.0 Å². The Hall–Kier alpha value is -1.53. The average Bonchev–Trinajstić information content (AvgIpc) is 2.87. The van der Waals surface area contributed by atoms with Gasteiger partial charge in [-0.15, -0.1) is 0 Å². The summed E-state index contributed by atoms with van der Waals surface area (Å²) < 4.78 is 39.0. The minimum absolute atomic E-state index is 0.0471. The highest BCUT2D eigenvalue weighted by molar-refractivity contribution is 5.70. The van der Waals surface area contributed by atoms with E-state index < -0.39 is 23.8 Å². The maximum absolute atomic E-state index is 12.6. The zero-order valence-electron chi connectivity index (χ0n) is 11.1. The summed E-state index contributed by atoms with van der Waals surface area (Å²) in [5.74, 6) is -1.17. The molecule has 1 heterocycles. The smallest absolute Gasteiger partial charge is 0.435 e. The molecule has 1 aromatic heterocycles. The number of hydrogen-bond donors (Lipinski definition) is 1. The zero-order valence-corrected chi connectivity index (χ0v) is 11.1. The van der Waals surface area contributed by atoms with Gasteiger partial charge in [-0.05, 0) is 31.2 Å². The Bertz CT molecular complexity index is 484. The Morgan fingerprint density at radius 3 is 2.70 bits per heavy atom. The van der Waals surface area contributed by atoms with Gasteiger partial charge in [0.2, 0.25) is 0 Å². The molecule has 3 unspecified atom stereocenters. The van der Waals surface area contributed by atoms with Crippen LogP contribution in [0.5, 0.6) is 0 Å². The van der Waals surface area contributed by atoms with Crippen LogP contribution in [0.2, 0.25) is 0 Å². The molecule has 0 aliphatic heterocycles. The highest BCUT2D eigenvalue weighted by Crippen LogP contribution is 2.39. The van der Waals surface area contributed by atoms with Crippen molar-refractivity contribution in [3.63, 3.8) is 0 Å². The fourth-order valence-corrected chi connectivity index (χ4v) is 2.93. The number of carboxylic acid groups (broad SMARTS) is 1. The lowest BCUT2D eigenvalue weighted by molar-refractivity contribution is -0.143. The third-order valence-corrected chi connectivity index (χ3v) is 4.05. The van der Waals surface area contributed by atoms with E-state index in [1.54, 1.807) is 0 Å². The summed E-state index contributed by atoms with van der Waals surface area (Å²) in [5.41, 5.74) is -0.896. The summed E-state index contributed by atoms with van der Waals surface area (Å²) in [5, 5.41) is 12.7. The van der Waals surface area contributed by atoms with Gasteiger partial charge < -0.3 is 5.11 Å². The van der Waals surface area contributed by atoms with Crippen molar-refractivity contribution in [1.29, 1.82) is 0 Å². The first-order chi connectivity index (χ1) is 9.32. The summed E-state index contributed by atoms with van der Waals surface area (Å²) in [6.07, 6.45) is -0.831. The molecule has 0 radical (unpaired) electrons. The predicted molar refractivity (Wildman–Crippen MR) is 65.0 cm³/mol. The fourth-order valence-electron chi connectivity index (χ4n) is 2.93. The van der Waals surface area contributed by atoms with Crippen molar-refractivity contribution < 1.29 is 23.1 Å². The highest BCUT2D eigenvalue weighted by Gasteiger charge is 2.37. The van der Waals surface area contributed by atoms with Gasteiger partial charge in [0.15, 0.2) is 5.69 Å².